The van der Waals surface area contributed by atoms with Gasteiger partial charge in [-0.25, -0.2) is 0 Å². The van der Waals surface area contributed by atoms with Crippen molar-refractivity contribution in [2.24, 2.45) is 16.7 Å². The van der Waals surface area contributed by atoms with E-state index < -0.39 is 5.60 Å². The molecule has 0 spiro atoms. The topological polar surface area (TPSA) is 101 Å². The third-order valence-corrected chi connectivity index (χ3v) is 8.35. The quantitative estimate of drug-likeness (QED) is 0.516. The third kappa shape index (κ3) is 5.40. The van der Waals surface area contributed by atoms with Gasteiger partial charge < -0.3 is 24.9 Å². The van der Waals surface area contributed by atoms with Crippen LogP contribution in [0.3, 0.4) is 0 Å². The number of furan rings is 1. The number of carbonyl (C=O) groups is 2. The van der Waals surface area contributed by atoms with E-state index in [1.807, 2.05) is 31.2 Å². The van der Waals surface area contributed by atoms with Crippen molar-refractivity contribution in [1.82, 2.24) is 10.6 Å². The van der Waals surface area contributed by atoms with Crippen LogP contribution in [-0.4, -0.2) is 35.7 Å². The van der Waals surface area contributed by atoms with Gasteiger partial charge >= 0.3 is 0 Å². The van der Waals surface area contributed by atoms with Crippen LogP contribution in [0, 0.1) is 16.7 Å². The summed E-state index contributed by atoms with van der Waals surface area (Å²) in [5, 5.41) is 17.2. The normalized spacial score (nSPS) is 29.3. The molecule has 4 rings (SSSR count). The van der Waals surface area contributed by atoms with Crippen molar-refractivity contribution in [3.63, 3.8) is 0 Å². The molecule has 1 aromatic heterocycles. The second-order valence-electron chi connectivity index (χ2n) is 11.3. The van der Waals surface area contributed by atoms with E-state index in [0.717, 1.165) is 24.2 Å². The third-order valence-electron chi connectivity index (χ3n) is 8.35. The molecular formula is C28H38N2O5. The van der Waals surface area contributed by atoms with Gasteiger partial charge in [-0.05, 0) is 85.6 Å². The van der Waals surface area contributed by atoms with Gasteiger partial charge in [0.2, 0.25) is 5.91 Å². The smallest absolute Gasteiger partial charge is 0.287 e. The van der Waals surface area contributed by atoms with Gasteiger partial charge in [-0.2, -0.15) is 0 Å². The van der Waals surface area contributed by atoms with Crippen LogP contribution < -0.4 is 15.4 Å². The molecule has 2 saturated carbocycles. The summed E-state index contributed by atoms with van der Waals surface area (Å²) in [4.78, 5) is 25.8. The van der Waals surface area contributed by atoms with Crippen LogP contribution >= 0.6 is 0 Å². The van der Waals surface area contributed by atoms with Gasteiger partial charge in [0.1, 0.15) is 5.75 Å². The number of methoxy groups -OCH3 is 1. The lowest BCUT2D eigenvalue weighted by Gasteiger charge is -2.50. The molecule has 7 nitrogen and oxygen atoms in total. The minimum atomic E-state index is -0.734. The lowest BCUT2D eigenvalue weighted by molar-refractivity contribution is -0.123. The molecule has 1 heterocycles. The fourth-order valence-electron chi connectivity index (χ4n) is 6.45. The van der Waals surface area contributed by atoms with Gasteiger partial charge in [0.15, 0.2) is 5.76 Å². The first-order chi connectivity index (χ1) is 16.5. The highest BCUT2D eigenvalue weighted by atomic mass is 16.5. The summed E-state index contributed by atoms with van der Waals surface area (Å²) in [7, 11) is 1.63. The Morgan fingerprint density at radius 3 is 2.51 bits per heavy atom. The van der Waals surface area contributed by atoms with Crippen LogP contribution in [-0.2, 0) is 11.3 Å². The molecule has 0 saturated heterocycles. The SMILES string of the molecule is COc1ccc(CNC(=O)CC[C@]23CC[C@](C)(O)C[C@H]2C(C)(C)C[C@@H]3NC(=O)c2ccco2)cc1. The van der Waals surface area contributed by atoms with E-state index in [0.29, 0.717) is 38.0 Å². The van der Waals surface area contributed by atoms with Crippen molar-refractivity contribution in [2.75, 3.05) is 7.11 Å². The predicted molar refractivity (Wildman–Crippen MR) is 133 cm³/mol. The number of hydrogen-bond donors (Lipinski definition) is 3. The first-order valence-electron chi connectivity index (χ1n) is 12.5. The molecule has 3 N–H and O–H groups in total. The number of aliphatic hydroxyl groups is 1. The van der Waals surface area contributed by atoms with Crippen molar-refractivity contribution in [3.8, 4) is 5.75 Å². The highest BCUT2D eigenvalue weighted by molar-refractivity contribution is 5.91. The number of nitrogens with one attached hydrogen (secondary N) is 2. The Morgan fingerprint density at radius 1 is 1.11 bits per heavy atom. The molecule has 2 amide bonds. The Kier molecular flexibility index (Phi) is 7.00. The Bertz CT molecular complexity index is 1030. The van der Waals surface area contributed by atoms with Crippen molar-refractivity contribution in [2.45, 2.75) is 77.5 Å². The first-order valence-corrected chi connectivity index (χ1v) is 12.5. The maximum absolute atomic E-state index is 12.9. The van der Waals surface area contributed by atoms with E-state index in [2.05, 4.69) is 24.5 Å². The largest absolute Gasteiger partial charge is 0.497 e. The number of amides is 2. The van der Waals surface area contributed by atoms with Crippen LogP contribution in [0.4, 0.5) is 0 Å². The second kappa shape index (κ2) is 9.69. The first kappa shape index (κ1) is 25.3. The van der Waals surface area contributed by atoms with Gasteiger partial charge in [-0.15, -0.1) is 0 Å². The molecule has 7 heteroatoms. The zero-order valence-electron chi connectivity index (χ0n) is 21.2. The van der Waals surface area contributed by atoms with Crippen LogP contribution in [0.25, 0.3) is 0 Å². The molecule has 0 aliphatic heterocycles. The summed E-state index contributed by atoms with van der Waals surface area (Å²) in [5.74, 6) is 1.03. The number of benzene rings is 1. The van der Waals surface area contributed by atoms with Crippen LogP contribution in [0.2, 0.25) is 0 Å². The van der Waals surface area contributed by atoms with Crippen molar-refractivity contribution < 1.29 is 23.8 Å². The predicted octanol–water partition coefficient (Wildman–Crippen LogP) is 4.45. The van der Waals surface area contributed by atoms with E-state index in [-0.39, 0.29) is 34.6 Å². The Hall–Kier alpha value is -2.80. The van der Waals surface area contributed by atoms with Crippen LogP contribution in [0.1, 0.15) is 75.4 Å². The molecule has 0 radical (unpaired) electrons. The Morgan fingerprint density at radius 2 is 1.86 bits per heavy atom. The molecule has 2 aromatic rings. The zero-order valence-corrected chi connectivity index (χ0v) is 21.2. The average Bonchev–Trinajstić information content (AvgIpc) is 3.43. The summed E-state index contributed by atoms with van der Waals surface area (Å²) in [6.45, 7) is 6.80. The Labute approximate surface area is 207 Å². The summed E-state index contributed by atoms with van der Waals surface area (Å²) < 4.78 is 10.5. The fourth-order valence-corrected chi connectivity index (χ4v) is 6.45. The maximum Gasteiger partial charge on any atom is 0.287 e. The fraction of sp³-hybridized carbons (Fsp3) is 0.571. The highest BCUT2D eigenvalue weighted by Crippen LogP contribution is 2.63. The van der Waals surface area contributed by atoms with Crippen LogP contribution in [0.15, 0.2) is 47.1 Å². The van der Waals surface area contributed by atoms with E-state index in [4.69, 9.17) is 9.15 Å². The zero-order chi connectivity index (χ0) is 25.3. The van der Waals surface area contributed by atoms with Gasteiger partial charge in [0.05, 0.1) is 19.0 Å². The van der Waals surface area contributed by atoms with Gasteiger partial charge in [-0.3, -0.25) is 9.59 Å². The summed E-state index contributed by atoms with van der Waals surface area (Å²) in [6, 6.07) is 10.9. The number of hydrogen-bond acceptors (Lipinski definition) is 5. The number of fused-ring (bicyclic) bond motifs is 1. The summed E-state index contributed by atoms with van der Waals surface area (Å²) in [6.07, 6.45) is 5.42. The minimum Gasteiger partial charge on any atom is -0.497 e. The lowest BCUT2D eigenvalue weighted by atomic mass is 9.57. The van der Waals surface area contributed by atoms with E-state index >= 15 is 0 Å². The van der Waals surface area contributed by atoms with E-state index in [1.54, 1.807) is 19.2 Å². The van der Waals surface area contributed by atoms with Crippen molar-refractivity contribution in [1.29, 1.82) is 0 Å². The standard InChI is InChI=1S/C28H38N2O5/c1-26(2)17-23(30-25(32)21-6-5-15-35-21)28(14-13-27(3,33)16-22(26)28)12-11-24(31)29-18-19-7-9-20(34-4)10-8-19/h5-10,15,22-23,33H,11-14,16-18H2,1-4H3,(H,29,31)(H,30,32)/t22-,23-,27-,28-/m0/s1. The molecule has 190 valence electrons. The van der Waals surface area contributed by atoms with E-state index in [9.17, 15) is 14.7 Å². The average molecular weight is 483 g/mol. The van der Waals surface area contributed by atoms with E-state index in [1.165, 1.54) is 6.26 Å². The molecule has 4 atom stereocenters. The van der Waals surface area contributed by atoms with Crippen molar-refractivity contribution >= 4 is 11.8 Å². The van der Waals surface area contributed by atoms with Crippen LogP contribution in [0.5, 0.6) is 5.75 Å². The van der Waals surface area contributed by atoms with Gasteiger partial charge in [0, 0.05) is 19.0 Å². The van der Waals surface area contributed by atoms with Gasteiger partial charge in [0.25, 0.3) is 5.91 Å². The summed E-state index contributed by atoms with van der Waals surface area (Å²) >= 11 is 0. The van der Waals surface area contributed by atoms with Crippen molar-refractivity contribution in [3.05, 3.63) is 54.0 Å². The molecule has 2 aliphatic rings. The number of rotatable bonds is 8. The molecular weight excluding hydrogens is 444 g/mol. The highest BCUT2D eigenvalue weighted by Gasteiger charge is 2.61. The molecule has 2 aliphatic carbocycles. The molecule has 0 unspecified atom stereocenters. The lowest BCUT2D eigenvalue weighted by Crippen LogP contribution is -2.52. The molecule has 2 fully saturated rings. The maximum atomic E-state index is 12.9. The second-order valence-corrected chi connectivity index (χ2v) is 11.3. The number of ether oxygens (including phenoxy) is 1. The summed E-state index contributed by atoms with van der Waals surface area (Å²) in [5.41, 5.74) is -0.0621. The minimum absolute atomic E-state index is 0.00732. The Balaban J connectivity index is 1.48. The number of carbonyl (C=O) groups excluding carboxylic acids is 2. The monoisotopic (exact) mass is 482 g/mol. The molecule has 35 heavy (non-hydrogen) atoms. The van der Waals surface area contributed by atoms with Gasteiger partial charge in [-0.1, -0.05) is 26.0 Å². The molecule has 1 aromatic carbocycles. The molecule has 0 bridgehead atoms.